The summed E-state index contributed by atoms with van der Waals surface area (Å²) < 4.78 is 0. The van der Waals surface area contributed by atoms with Crippen LogP contribution < -0.4 is 0 Å². The fourth-order valence-corrected chi connectivity index (χ4v) is 4.25. The molecule has 1 aliphatic carbocycles. The average molecular weight is 312 g/mol. The minimum Gasteiger partial charge on any atom is -0.253 e. The van der Waals surface area contributed by atoms with Crippen LogP contribution in [0.3, 0.4) is 0 Å². The third kappa shape index (κ3) is 3.29. The first-order valence-corrected chi connectivity index (χ1v) is 9.33. The predicted molar refractivity (Wildman–Crippen MR) is 103 cm³/mol. The van der Waals surface area contributed by atoms with E-state index < -0.39 is 0 Å². The molecule has 0 fully saturated rings. The predicted octanol–water partition coefficient (Wildman–Crippen LogP) is 6.65. The number of nitrogens with zero attached hydrogens (tertiary/aromatic N) is 1. The highest BCUT2D eigenvalue weighted by Gasteiger charge is 2.42. The third-order valence-corrected chi connectivity index (χ3v) is 5.50. The second-order valence-electron chi connectivity index (χ2n) is 7.22. The van der Waals surface area contributed by atoms with E-state index in [0.717, 1.165) is 12.8 Å². The van der Waals surface area contributed by atoms with Gasteiger partial charge in [0.1, 0.15) is 0 Å². The molecule has 0 saturated carbocycles. The zero-order chi connectivity index (χ0) is 17.0. The third-order valence-electron chi connectivity index (χ3n) is 5.50. The van der Waals surface area contributed by atoms with E-state index in [1.807, 2.05) is 0 Å². The molecular formula is C22H33N. The summed E-state index contributed by atoms with van der Waals surface area (Å²) in [6.07, 6.45) is 15.8. The summed E-state index contributed by atoms with van der Waals surface area (Å²) in [6, 6.07) is 0. The monoisotopic (exact) mass is 311 g/mol. The van der Waals surface area contributed by atoms with Gasteiger partial charge in [-0.3, -0.25) is 4.99 Å². The normalized spacial score (nSPS) is 26.9. The van der Waals surface area contributed by atoms with Gasteiger partial charge < -0.3 is 0 Å². The van der Waals surface area contributed by atoms with E-state index in [0.29, 0.717) is 11.8 Å². The quantitative estimate of drug-likeness (QED) is 0.487. The highest BCUT2D eigenvalue weighted by molar-refractivity contribution is 6.05. The van der Waals surface area contributed by atoms with Crippen molar-refractivity contribution < 1.29 is 0 Å². The zero-order valence-electron chi connectivity index (χ0n) is 15.8. The van der Waals surface area contributed by atoms with Crippen LogP contribution >= 0.6 is 0 Å². The number of hydrogen-bond donors (Lipinski definition) is 0. The van der Waals surface area contributed by atoms with Crippen LogP contribution in [0, 0.1) is 17.3 Å². The van der Waals surface area contributed by atoms with Gasteiger partial charge in [0.15, 0.2) is 0 Å². The van der Waals surface area contributed by atoms with Crippen molar-refractivity contribution in [2.45, 2.75) is 67.2 Å². The average Bonchev–Trinajstić information content (AvgIpc) is 2.80. The largest absolute Gasteiger partial charge is 0.253 e. The Morgan fingerprint density at radius 1 is 1.13 bits per heavy atom. The molecule has 1 heterocycles. The van der Waals surface area contributed by atoms with Crippen molar-refractivity contribution in [2.24, 2.45) is 22.2 Å². The first-order chi connectivity index (χ1) is 11.0. The van der Waals surface area contributed by atoms with Gasteiger partial charge in [-0.1, -0.05) is 64.5 Å². The lowest BCUT2D eigenvalue weighted by molar-refractivity contribution is 0.400. The molecule has 23 heavy (non-hydrogen) atoms. The number of aliphatic imine (C=N–C) groups is 1. The maximum absolute atomic E-state index is 5.03. The Hall–Kier alpha value is -1.37. The molecule has 0 radical (unpaired) electrons. The molecule has 1 aliphatic heterocycles. The van der Waals surface area contributed by atoms with Crippen LogP contribution in [-0.4, -0.2) is 5.71 Å². The summed E-state index contributed by atoms with van der Waals surface area (Å²) in [7, 11) is 0. The first kappa shape index (κ1) is 18.0. The number of fused-ring (bicyclic) bond motifs is 1. The Balaban J connectivity index is 2.45. The molecule has 1 heteroatoms. The molecule has 0 spiro atoms. The highest BCUT2D eigenvalue weighted by atomic mass is 14.8. The van der Waals surface area contributed by atoms with Crippen LogP contribution in [-0.2, 0) is 0 Å². The van der Waals surface area contributed by atoms with Gasteiger partial charge in [0, 0.05) is 5.41 Å². The number of rotatable bonds is 6. The topological polar surface area (TPSA) is 12.4 Å². The van der Waals surface area contributed by atoms with E-state index in [1.54, 1.807) is 5.57 Å². The van der Waals surface area contributed by atoms with Crippen LogP contribution in [0.4, 0.5) is 0 Å². The van der Waals surface area contributed by atoms with Crippen LogP contribution in [0.1, 0.15) is 67.2 Å². The molecule has 0 N–H and O–H groups in total. The fourth-order valence-electron chi connectivity index (χ4n) is 4.25. The van der Waals surface area contributed by atoms with Crippen molar-refractivity contribution in [3.63, 3.8) is 0 Å². The van der Waals surface area contributed by atoms with E-state index in [2.05, 4.69) is 71.9 Å². The van der Waals surface area contributed by atoms with Gasteiger partial charge >= 0.3 is 0 Å². The van der Waals surface area contributed by atoms with Crippen molar-refractivity contribution in [1.29, 1.82) is 0 Å². The Bertz CT molecular complexity index is 581. The lowest BCUT2D eigenvalue weighted by Gasteiger charge is -2.35. The molecule has 1 nitrogen and oxygen atoms in total. The Morgan fingerprint density at radius 2 is 1.87 bits per heavy atom. The molecule has 2 aliphatic rings. The smallest absolute Gasteiger partial charge is 0.0637 e. The molecule has 2 atom stereocenters. The van der Waals surface area contributed by atoms with Crippen LogP contribution in [0.15, 0.2) is 52.2 Å². The Morgan fingerprint density at radius 3 is 2.43 bits per heavy atom. The molecule has 0 saturated heterocycles. The van der Waals surface area contributed by atoms with Gasteiger partial charge in [-0.15, -0.1) is 0 Å². The maximum atomic E-state index is 5.03. The molecular weight excluding hydrogens is 278 g/mol. The van der Waals surface area contributed by atoms with Gasteiger partial charge in [0.25, 0.3) is 0 Å². The van der Waals surface area contributed by atoms with E-state index in [9.17, 15) is 0 Å². The van der Waals surface area contributed by atoms with E-state index >= 15 is 0 Å². The van der Waals surface area contributed by atoms with Gasteiger partial charge in [-0.25, -0.2) is 0 Å². The summed E-state index contributed by atoms with van der Waals surface area (Å²) in [5, 5.41) is 0. The Kier molecular flexibility index (Phi) is 5.84. The van der Waals surface area contributed by atoms with E-state index in [1.165, 1.54) is 29.8 Å². The first-order valence-electron chi connectivity index (χ1n) is 9.33. The van der Waals surface area contributed by atoms with Crippen LogP contribution in [0.25, 0.3) is 0 Å². The summed E-state index contributed by atoms with van der Waals surface area (Å²) in [6.45, 7) is 13.7. The zero-order valence-corrected chi connectivity index (χ0v) is 15.8. The molecule has 2 unspecified atom stereocenters. The van der Waals surface area contributed by atoms with Gasteiger partial charge in [-0.2, -0.15) is 0 Å². The van der Waals surface area contributed by atoms with Gasteiger partial charge in [0.2, 0.25) is 0 Å². The minimum atomic E-state index is 0.0374. The van der Waals surface area contributed by atoms with Gasteiger partial charge in [-0.05, 0) is 56.1 Å². The van der Waals surface area contributed by atoms with Crippen molar-refractivity contribution >= 4 is 5.71 Å². The second kappa shape index (κ2) is 7.47. The van der Waals surface area contributed by atoms with Crippen molar-refractivity contribution in [1.82, 2.24) is 0 Å². The fraction of sp³-hybridized carbons (Fsp3) is 0.591. The second-order valence-corrected chi connectivity index (χ2v) is 7.22. The number of allylic oxidation sites excluding steroid dienone is 7. The molecule has 2 rings (SSSR count). The molecule has 0 bridgehead atoms. The van der Waals surface area contributed by atoms with E-state index in [-0.39, 0.29) is 5.41 Å². The Labute approximate surface area is 143 Å². The molecule has 0 aromatic heterocycles. The lowest BCUT2D eigenvalue weighted by Crippen LogP contribution is -2.27. The summed E-state index contributed by atoms with van der Waals surface area (Å²) >= 11 is 0. The molecule has 0 aromatic rings. The summed E-state index contributed by atoms with van der Waals surface area (Å²) in [4.78, 5) is 5.03. The van der Waals surface area contributed by atoms with Crippen molar-refractivity contribution in [3.05, 3.63) is 47.2 Å². The van der Waals surface area contributed by atoms with Crippen LogP contribution in [0.2, 0.25) is 0 Å². The highest BCUT2D eigenvalue weighted by Crippen LogP contribution is 2.50. The van der Waals surface area contributed by atoms with Gasteiger partial charge in [0.05, 0.1) is 11.4 Å². The van der Waals surface area contributed by atoms with E-state index in [4.69, 9.17) is 4.99 Å². The molecule has 126 valence electrons. The maximum Gasteiger partial charge on any atom is 0.0637 e. The standard InChI is InChI=1S/C22H33N/c1-7-11-12-13-14-20-22(5,6)21-18(10-4)17(9-3)16(8-2)15-19(21)23-20/h7,11,13-17H,8-10,12H2,1-6H3/b11-7?,14-13+. The van der Waals surface area contributed by atoms with Crippen molar-refractivity contribution in [2.75, 3.05) is 0 Å². The molecule has 0 aromatic carbocycles. The van der Waals surface area contributed by atoms with Crippen molar-refractivity contribution in [3.8, 4) is 0 Å². The number of hydrogen-bond acceptors (Lipinski definition) is 1. The molecule has 0 amide bonds. The summed E-state index contributed by atoms with van der Waals surface area (Å²) in [5.41, 5.74) is 5.69. The lowest BCUT2D eigenvalue weighted by atomic mass is 9.68. The summed E-state index contributed by atoms with van der Waals surface area (Å²) in [5.74, 6) is 1.35. The van der Waals surface area contributed by atoms with Crippen LogP contribution in [0.5, 0.6) is 0 Å². The SMILES string of the molecule is CC=CC/C=C/C1=NC2=CC(CC)C(CC)C(CC)=C2C1(C)C. The minimum absolute atomic E-state index is 0.0374.